The number of anilines is 1. The molecule has 0 bridgehead atoms. The second-order valence-electron chi connectivity index (χ2n) is 7.09. The molecule has 0 spiro atoms. The fraction of sp³-hybridized carbons (Fsp3) is 0.368. The molecule has 1 amide bonds. The van der Waals surface area contributed by atoms with Gasteiger partial charge in [0.1, 0.15) is 5.82 Å². The first-order chi connectivity index (χ1) is 10.9. The van der Waals surface area contributed by atoms with E-state index in [1.807, 2.05) is 24.4 Å². The number of carbonyl (C=O) groups excluding carboxylic acids is 1. The predicted octanol–water partition coefficient (Wildman–Crippen LogP) is 3.53. The minimum Gasteiger partial charge on any atom is -0.320 e. The number of nitrogens with two attached hydrogens (primary N) is 1. The van der Waals surface area contributed by atoms with E-state index in [0.29, 0.717) is 18.8 Å². The molecule has 5 heteroatoms. The van der Waals surface area contributed by atoms with E-state index in [2.05, 4.69) is 44.0 Å². The smallest absolute Gasteiger partial charge is 0.245 e. The number of benzene rings is 1. The third-order valence-electron chi connectivity index (χ3n) is 4.32. The molecule has 1 aromatic carbocycles. The number of amides is 1. The minimum absolute atomic E-state index is 0. The summed E-state index contributed by atoms with van der Waals surface area (Å²) < 4.78 is 0. The molecule has 1 unspecified atom stereocenters. The SMILES string of the molecule is CC(C)(C)c1ccccc1-c1ccc(N2CCC(N)C2=O)nc1.Cl. The molecule has 2 aromatic rings. The summed E-state index contributed by atoms with van der Waals surface area (Å²) >= 11 is 0. The largest absolute Gasteiger partial charge is 0.320 e. The van der Waals surface area contributed by atoms with Gasteiger partial charge in [0.2, 0.25) is 5.91 Å². The van der Waals surface area contributed by atoms with Gasteiger partial charge in [0.25, 0.3) is 0 Å². The van der Waals surface area contributed by atoms with Crippen LogP contribution in [0.2, 0.25) is 0 Å². The van der Waals surface area contributed by atoms with Crippen molar-refractivity contribution in [1.29, 1.82) is 0 Å². The summed E-state index contributed by atoms with van der Waals surface area (Å²) in [5.74, 6) is 0.639. The highest BCUT2D eigenvalue weighted by atomic mass is 35.5. The molecule has 1 atom stereocenters. The Kier molecular flexibility index (Phi) is 5.31. The first kappa shape index (κ1) is 18.4. The maximum absolute atomic E-state index is 12.0. The molecule has 3 rings (SSSR count). The number of halogens is 1. The summed E-state index contributed by atoms with van der Waals surface area (Å²) in [5.41, 5.74) is 9.37. The van der Waals surface area contributed by atoms with Crippen LogP contribution < -0.4 is 10.6 Å². The lowest BCUT2D eigenvalue weighted by atomic mass is 9.82. The van der Waals surface area contributed by atoms with Gasteiger partial charge >= 0.3 is 0 Å². The molecule has 1 saturated heterocycles. The normalized spacial score (nSPS) is 17.8. The van der Waals surface area contributed by atoms with Crippen molar-refractivity contribution in [1.82, 2.24) is 4.98 Å². The van der Waals surface area contributed by atoms with Crippen molar-refractivity contribution in [2.24, 2.45) is 5.73 Å². The Morgan fingerprint density at radius 1 is 1.17 bits per heavy atom. The van der Waals surface area contributed by atoms with Crippen LogP contribution in [0.1, 0.15) is 32.8 Å². The number of nitrogens with zero attached hydrogens (tertiary/aromatic N) is 2. The molecular formula is C19H24ClN3O. The Balaban J connectivity index is 0.00000208. The van der Waals surface area contributed by atoms with E-state index in [1.165, 1.54) is 11.1 Å². The second kappa shape index (κ2) is 6.91. The van der Waals surface area contributed by atoms with E-state index in [4.69, 9.17) is 5.73 Å². The lowest BCUT2D eigenvalue weighted by Crippen LogP contribution is -2.34. The third-order valence-corrected chi connectivity index (χ3v) is 4.32. The highest BCUT2D eigenvalue weighted by Crippen LogP contribution is 2.33. The van der Waals surface area contributed by atoms with E-state index >= 15 is 0 Å². The molecule has 2 N–H and O–H groups in total. The Morgan fingerprint density at radius 2 is 1.88 bits per heavy atom. The van der Waals surface area contributed by atoms with Crippen LogP contribution in [-0.4, -0.2) is 23.5 Å². The lowest BCUT2D eigenvalue weighted by molar-refractivity contribution is -0.118. The third kappa shape index (κ3) is 3.45. The standard InChI is InChI=1S/C19H23N3O.ClH/c1-19(2,3)15-7-5-4-6-14(15)13-8-9-17(21-12-13)22-11-10-16(20)18(22)23;/h4-9,12,16H,10-11,20H2,1-3H3;1H. The molecule has 0 saturated carbocycles. The Morgan fingerprint density at radius 3 is 2.42 bits per heavy atom. The van der Waals surface area contributed by atoms with Crippen LogP contribution in [0.25, 0.3) is 11.1 Å². The zero-order valence-electron chi connectivity index (χ0n) is 14.3. The maximum Gasteiger partial charge on any atom is 0.245 e. The summed E-state index contributed by atoms with van der Waals surface area (Å²) in [5, 5.41) is 0. The van der Waals surface area contributed by atoms with Crippen LogP contribution in [0.5, 0.6) is 0 Å². The van der Waals surface area contributed by atoms with E-state index in [1.54, 1.807) is 4.90 Å². The van der Waals surface area contributed by atoms with Gasteiger partial charge in [-0.1, -0.05) is 45.0 Å². The first-order valence-corrected chi connectivity index (χ1v) is 8.01. The van der Waals surface area contributed by atoms with Crippen molar-refractivity contribution in [2.75, 3.05) is 11.4 Å². The average Bonchev–Trinajstić information content (AvgIpc) is 2.86. The van der Waals surface area contributed by atoms with Gasteiger partial charge in [0.05, 0.1) is 6.04 Å². The van der Waals surface area contributed by atoms with Crippen LogP contribution >= 0.6 is 12.4 Å². The zero-order valence-corrected chi connectivity index (χ0v) is 15.1. The number of carbonyl (C=O) groups is 1. The van der Waals surface area contributed by atoms with E-state index in [9.17, 15) is 4.79 Å². The summed E-state index contributed by atoms with van der Waals surface area (Å²) in [6, 6.07) is 11.9. The molecule has 1 aliphatic heterocycles. The molecule has 4 nitrogen and oxygen atoms in total. The van der Waals surface area contributed by atoms with Crippen molar-refractivity contribution in [3.8, 4) is 11.1 Å². The zero-order chi connectivity index (χ0) is 16.6. The lowest BCUT2D eigenvalue weighted by Gasteiger charge is -2.23. The quantitative estimate of drug-likeness (QED) is 0.905. The van der Waals surface area contributed by atoms with Gasteiger partial charge in [-0.05, 0) is 35.1 Å². The minimum atomic E-state index is -0.391. The van der Waals surface area contributed by atoms with Crippen LogP contribution in [0.15, 0.2) is 42.6 Å². The van der Waals surface area contributed by atoms with Crippen molar-refractivity contribution in [2.45, 2.75) is 38.6 Å². The van der Waals surface area contributed by atoms with Gasteiger partial charge in [-0.15, -0.1) is 12.4 Å². The Hall–Kier alpha value is -1.91. The van der Waals surface area contributed by atoms with Gasteiger partial charge in [-0.3, -0.25) is 9.69 Å². The molecule has 1 aromatic heterocycles. The molecule has 2 heterocycles. The van der Waals surface area contributed by atoms with Gasteiger partial charge < -0.3 is 5.73 Å². The predicted molar refractivity (Wildman–Crippen MR) is 101 cm³/mol. The van der Waals surface area contributed by atoms with Gasteiger partial charge in [0.15, 0.2) is 0 Å². The first-order valence-electron chi connectivity index (χ1n) is 8.01. The van der Waals surface area contributed by atoms with Gasteiger partial charge in [0, 0.05) is 18.3 Å². The summed E-state index contributed by atoms with van der Waals surface area (Å²) in [6.07, 6.45) is 2.53. The summed E-state index contributed by atoms with van der Waals surface area (Å²) in [6.45, 7) is 7.26. The Labute approximate surface area is 149 Å². The average molecular weight is 346 g/mol. The van der Waals surface area contributed by atoms with Crippen molar-refractivity contribution >= 4 is 24.1 Å². The van der Waals surface area contributed by atoms with Crippen LogP contribution in [0.4, 0.5) is 5.82 Å². The van der Waals surface area contributed by atoms with E-state index in [-0.39, 0.29) is 23.7 Å². The molecule has 1 aliphatic rings. The van der Waals surface area contributed by atoms with Crippen molar-refractivity contribution in [3.63, 3.8) is 0 Å². The molecule has 128 valence electrons. The number of hydrogen-bond acceptors (Lipinski definition) is 3. The number of aromatic nitrogens is 1. The molecule has 0 radical (unpaired) electrons. The molecule has 24 heavy (non-hydrogen) atoms. The maximum atomic E-state index is 12.0. The highest BCUT2D eigenvalue weighted by Gasteiger charge is 2.30. The Bertz CT molecular complexity index is 722. The molecule has 1 fully saturated rings. The number of pyridine rings is 1. The van der Waals surface area contributed by atoms with Crippen molar-refractivity contribution < 1.29 is 4.79 Å². The summed E-state index contributed by atoms with van der Waals surface area (Å²) in [4.78, 5) is 18.2. The monoisotopic (exact) mass is 345 g/mol. The van der Waals surface area contributed by atoms with Crippen LogP contribution in [0, 0.1) is 0 Å². The van der Waals surface area contributed by atoms with Crippen LogP contribution in [-0.2, 0) is 10.2 Å². The second-order valence-corrected chi connectivity index (χ2v) is 7.09. The van der Waals surface area contributed by atoms with Crippen LogP contribution in [0.3, 0.4) is 0 Å². The number of hydrogen-bond donors (Lipinski definition) is 1. The van der Waals surface area contributed by atoms with E-state index < -0.39 is 6.04 Å². The van der Waals surface area contributed by atoms with E-state index in [0.717, 1.165) is 5.56 Å². The number of rotatable bonds is 2. The van der Waals surface area contributed by atoms with Gasteiger partial charge in [-0.25, -0.2) is 4.98 Å². The molecular weight excluding hydrogens is 322 g/mol. The topological polar surface area (TPSA) is 59.2 Å². The summed E-state index contributed by atoms with van der Waals surface area (Å²) in [7, 11) is 0. The fourth-order valence-electron chi connectivity index (χ4n) is 3.02. The highest BCUT2D eigenvalue weighted by molar-refractivity contribution is 5.98. The molecule has 0 aliphatic carbocycles. The fourth-order valence-corrected chi connectivity index (χ4v) is 3.02. The van der Waals surface area contributed by atoms with Gasteiger partial charge in [-0.2, -0.15) is 0 Å². The van der Waals surface area contributed by atoms with Crippen molar-refractivity contribution in [3.05, 3.63) is 48.2 Å².